The monoisotopic (exact) mass is 294 g/mol. The molecule has 4 N–H and O–H groups in total. The first-order valence-electron chi connectivity index (χ1n) is 5.74. The van der Waals surface area contributed by atoms with Gasteiger partial charge in [-0.3, -0.25) is 9.97 Å². The SMILES string of the molecule is Cc1cnc(CNS(=O)(=O)c2ccc(O)c(N)c2)cn1. The summed E-state index contributed by atoms with van der Waals surface area (Å²) in [5.41, 5.74) is 6.74. The third kappa shape index (κ3) is 3.22. The van der Waals surface area contributed by atoms with Gasteiger partial charge in [0.2, 0.25) is 10.0 Å². The van der Waals surface area contributed by atoms with Crippen LogP contribution in [-0.2, 0) is 16.6 Å². The van der Waals surface area contributed by atoms with Gasteiger partial charge in [-0.15, -0.1) is 0 Å². The maximum atomic E-state index is 12.0. The van der Waals surface area contributed by atoms with Crippen molar-refractivity contribution in [3.8, 4) is 5.75 Å². The van der Waals surface area contributed by atoms with Crippen molar-refractivity contribution in [3.63, 3.8) is 0 Å². The number of phenols is 1. The number of anilines is 1. The third-order valence-electron chi connectivity index (χ3n) is 2.59. The molecule has 0 saturated heterocycles. The average Bonchev–Trinajstić information content (AvgIpc) is 2.41. The summed E-state index contributed by atoms with van der Waals surface area (Å²) in [6.07, 6.45) is 3.06. The molecule has 0 aliphatic heterocycles. The Morgan fingerprint density at radius 3 is 2.65 bits per heavy atom. The molecule has 0 fully saturated rings. The second-order valence-corrected chi connectivity index (χ2v) is 5.96. The summed E-state index contributed by atoms with van der Waals surface area (Å²) in [7, 11) is -3.72. The minimum atomic E-state index is -3.72. The Balaban J connectivity index is 2.14. The minimum Gasteiger partial charge on any atom is -0.506 e. The lowest BCUT2D eigenvalue weighted by Crippen LogP contribution is -2.24. The fraction of sp³-hybridized carbons (Fsp3) is 0.167. The van der Waals surface area contributed by atoms with Gasteiger partial charge in [0.1, 0.15) is 5.75 Å². The van der Waals surface area contributed by atoms with Crippen LogP contribution in [0.3, 0.4) is 0 Å². The molecule has 1 aromatic heterocycles. The zero-order valence-corrected chi connectivity index (χ0v) is 11.6. The third-order valence-corrected chi connectivity index (χ3v) is 3.99. The first-order chi connectivity index (χ1) is 9.38. The van der Waals surface area contributed by atoms with Gasteiger partial charge in [-0.25, -0.2) is 13.1 Å². The summed E-state index contributed by atoms with van der Waals surface area (Å²) in [6, 6.07) is 3.70. The fourth-order valence-electron chi connectivity index (χ4n) is 1.46. The number of hydrogen-bond acceptors (Lipinski definition) is 6. The summed E-state index contributed by atoms with van der Waals surface area (Å²) in [5, 5.41) is 9.28. The number of aromatic nitrogens is 2. The van der Waals surface area contributed by atoms with Crippen LogP contribution in [0.25, 0.3) is 0 Å². The van der Waals surface area contributed by atoms with E-state index < -0.39 is 10.0 Å². The topological polar surface area (TPSA) is 118 Å². The molecule has 0 aliphatic rings. The molecule has 0 atom stereocenters. The van der Waals surface area contributed by atoms with E-state index in [1.54, 1.807) is 13.1 Å². The molecule has 7 nitrogen and oxygen atoms in total. The lowest BCUT2D eigenvalue weighted by Gasteiger charge is -2.07. The molecule has 1 aromatic carbocycles. The number of aryl methyl sites for hydroxylation is 1. The molecule has 0 radical (unpaired) electrons. The van der Waals surface area contributed by atoms with Gasteiger partial charge in [0.15, 0.2) is 0 Å². The molecule has 0 aliphatic carbocycles. The Labute approximate surface area is 116 Å². The van der Waals surface area contributed by atoms with Gasteiger partial charge in [0, 0.05) is 6.20 Å². The number of aromatic hydroxyl groups is 1. The highest BCUT2D eigenvalue weighted by molar-refractivity contribution is 7.89. The lowest BCUT2D eigenvalue weighted by atomic mass is 10.3. The molecule has 0 unspecified atom stereocenters. The van der Waals surface area contributed by atoms with Crippen LogP contribution in [0.15, 0.2) is 35.5 Å². The van der Waals surface area contributed by atoms with E-state index in [2.05, 4.69) is 14.7 Å². The average molecular weight is 294 g/mol. The Morgan fingerprint density at radius 1 is 1.30 bits per heavy atom. The van der Waals surface area contributed by atoms with Gasteiger partial charge in [0.25, 0.3) is 0 Å². The Hall–Kier alpha value is -2.19. The Bertz CT molecular complexity index is 714. The molecule has 2 rings (SSSR count). The van der Waals surface area contributed by atoms with Gasteiger partial charge in [-0.05, 0) is 25.1 Å². The normalized spacial score (nSPS) is 11.4. The molecule has 0 saturated carbocycles. The maximum absolute atomic E-state index is 12.0. The van der Waals surface area contributed by atoms with Crippen LogP contribution in [0.5, 0.6) is 5.75 Å². The molecule has 106 valence electrons. The van der Waals surface area contributed by atoms with Crippen LogP contribution < -0.4 is 10.5 Å². The van der Waals surface area contributed by atoms with E-state index in [1.807, 2.05) is 0 Å². The Kier molecular flexibility index (Phi) is 3.86. The number of nitrogen functional groups attached to an aromatic ring is 1. The van der Waals surface area contributed by atoms with Gasteiger partial charge in [-0.2, -0.15) is 0 Å². The van der Waals surface area contributed by atoms with Crippen molar-refractivity contribution >= 4 is 15.7 Å². The fourth-order valence-corrected chi connectivity index (χ4v) is 2.50. The van der Waals surface area contributed by atoms with E-state index in [1.165, 1.54) is 24.4 Å². The summed E-state index contributed by atoms with van der Waals surface area (Å²) >= 11 is 0. The molecule has 0 bridgehead atoms. The van der Waals surface area contributed by atoms with E-state index in [0.29, 0.717) is 5.69 Å². The van der Waals surface area contributed by atoms with Crippen molar-refractivity contribution in [1.29, 1.82) is 0 Å². The van der Waals surface area contributed by atoms with Crippen molar-refractivity contribution in [2.45, 2.75) is 18.4 Å². The standard InChI is InChI=1S/C12H14N4O3S/c1-8-5-15-9(6-14-8)7-16-20(18,19)10-2-3-12(17)11(13)4-10/h2-6,16-17H,7,13H2,1H3. The zero-order chi connectivity index (χ0) is 14.8. The second kappa shape index (κ2) is 5.43. The van der Waals surface area contributed by atoms with Crippen molar-refractivity contribution in [1.82, 2.24) is 14.7 Å². The van der Waals surface area contributed by atoms with Gasteiger partial charge >= 0.3 is 0 Å². The van der Waals surface area contributed by atoms with Crippen LogP contribution in [-0.4, -0.2) is 23.5 Å². The number of sulfonamides is 1. The van der Waals surface area contributed by atoms with Crippen molar-refractivity contribution in [3.05, 3.63) is 42.0 Å². The molecule has 0 amide bonds. The first kappa shape index (κ1) is 14.2. The predicted octanol–water partition coefficient (Wildman–Crippen LogP) is 0.551. The van der Waals surface area contributed by atoms with Gasteiger partial charge < -0.3 is 10.8 Å². The summed E-state index contributed by atoms with van der Waals surface area (Å²) in [4.78, 5) is 8.06. The highest BCUT2D eigenvalue weighted by atomic mass is 32.2. The van der Waals surface area contributed by atoms with E-state index in [-0.39, 0.29) is 22.9 Å². The number of nitrogens with one attached hydrogen (secondary N) is 1. The number of rotatable bonds is 4. The predicted molar refractivity (Wildman–Crippen MR) is 73.3 cm³/mol. The molecule has 2 aromatic rings. The molecule has 8 heteroatoms. The number of nitrogens with two attached hydrogens (primary N) is 1. The number of benzene rings is 1. The smallest absolute Gasteiger partial charge is 0.241 e. The van der Waals surface area contributed by atoms with Crippen molar-refractivity contribution < 1.29 is 13.5 Å². The van der Waals surface area contributed by atoms with Gasteiger partial charge in [0.05, 0.1) is 34.7 Å². The molecular formula is C12H14N4O3S. The number of nitrogens with zero attached hydrogens (tertiary/aromatic N) is 2. The van der Waals surface area contributed by atoms with Crippen LogP contribution in [0.2, 0.25) is 0 Å². The number of hydrogen-bond donors (Lipinski definition) is 3. The zero-order valence-electron chi connectivity index (χ0n) is 10.7. The summed E-state index contributed by atoms with van der Waals surface area (Å²) < 4.78 is 26.5. The van der Waals surface area contributed by atoms with E-state index in [0.717, 1.165) is 5.69 Å². The highest BCUT2D eigenvalue weighted by Crippen LogP contribution is 2.22. The highest BCUT2D eigenvalue weighted by Gasteiger charge is 2.15. The molecule has 20 heavy (non-hydrogen) atoms. The largest absolute Gasteiger partial charge is 0.506 e. The molecular weight excluding hydrogens is 280 g/mol. The molecule has 0 spiro atoms. The van der Waals surface area contributed by atoms with Crippen LogP contribution in [0, 0.1) is 6.92 Å². The van der Waals surface area contributed by atoms with E-state index in [9.17, 15) is 13.5 Å². The summed E-state index contributed by atoms with van der Waals surface area (Å²) in [6.45, 7) is 1.82. The quantitative estimate of drug-likeness (QED) is 0.560. The summed E-state index contributed by atoms with van der Waals surface area (Å²) in [5.74, 6) is -0.159. The second-order valence-electron chi connectivity index (χ2n) is 4.19. The van der Waals surface area contributed by atoms with E-state index >= 15 is 0 Å². The lowest BCUT2D eigenvalue weighted by molar-refractivity contribution is 0.477. The van der Waals surface area contributed by atoms with Crippen molar-refractivity contribution in [2.75, 3.05) is 5.73 Å². The molecule has 1 heterocycles. The van der Waals surface area contributed by atoms with Crippen LogP contribution in [0.4, 0.5) is 5.69 Å². The number of phenolic OH excluding ortho intramolecular Hbond substituents is 1. The van der Waals surface area contributed by atoms with Crippen LogP contribution >= 0.6 is 0 Å². The Morgan fingerprint density at radius 2 is 2.05 bits per heavy atom. The van der Waals surface area contributed by atoms with Crippen molar-refractivity contribution in [2.24, 2.45) is 0 Å². The minimum absolute atomic E-state index is 0.00278. The maximum Gasteiger partial charge on any atom is 0.241 e. The van der Waals surface area contributed by atoms with Crippen LogP contribution in [0.1, 0.15) is 11.4 Å². The van der Waals surface area contributed by atoms with Gasteiger partial charge in [-0.1, -0.05) is 0 Å². The first-order valence-corrected chi connectivity index (χ1v) is 7.22. The van der Waals surface area contributed by atoms with E-state index in [4.69, 9.17) is 5.73 Å².